The van der Waals surface area contributed by atoms with Crippen LogP contribution >= 0.6 is 11.6 Å². The molecule has 0 amide bonds. The lowest BCUT2D eigenvalue weighted by molar-refractivity contribution is 0.589. The fourth-order valence-electron chi connectivity index (χ4n) is 2.44. The van der Waals surface area contributed by atoms with Crippen LogP contribution in [0.1, 0.15) is 19.4 Å². The summed E-state index contributed by atoms with van der Waals surface area (Å²) in [5.41, 5.74) is 4.45. The van der Waals surface area contributed by atoms with E-state index in [1.807, 2.05) is 36.7 Å². The van der Waals surface area contributed by atoms with Crippen LogP contribution in [0.2, 0.25) is 5.02 Å². The van der Waals surface area contributed by atoms with E-state index in [0.29, 0.717) is 6.04 Å². The summed E-state index contributed by atoms with van der Waals surface area (Å²) in [6.45, 7) is 5.07. The fourth-order valence-corrected chi connectivity index (χ4v) is 2.63. The Bertz CT molecular complexity index is 762. The Morgan fingerprint density at radius 3 is 2.90 bits per heavy atom. The molecular weight excluding hydrogens is 282 g/mol. The zero-order valence-electron chi connectivity index (χ0n) is 12.2. The third kappa shape index (κ3) is 2.94. The number of nitrogens with zero attached hydrogens (tertiary/aromatic N) is 2. The molecule has 0 unspecified atom stereocenters. The molecule has 3 nitrogen and oxygen atoms in total. The molecule has 3 rings (SSSR count). The fraction of sp³-hybridized carbons (Fsp3) is 0.235. The highest BCUT2D eigenvalue weighted by Crippen LogP contribution is 2.27. The summed E-state index contributed by atoms with van der Waals surface area (Å²) >= 11 is 6.17. The molecule has 1 N–H and O–H groups in total. The quantitative estimate of drug-likeness (QED) is 0.784. The summed E-state index contributed by atoms with van der Waals surface area (Å²) in [5, 5.41) is 4.22. The molecule has 0 saturated heterocycles. The molecule has 4 heteroatoms. The molecule has 0 radical (unpaired) electrons. The molecule has 0 aliphatic heterocycles. The van der Waals surface area contributed by atoms with Gasteiger partial charge in [-0.05, 0) is 29.8 Å². The molecule has 3 aromatic rings. The van der Waals surface area contributed by atoms with E-state index in [4.69, 9.17) is 11.6 Å². The van der Waals surface area contributed by atoms with Crippen molar-refractivity contribution in [1.82, 2.24) is 14.7 Å². The van der Waals surface area contributed by atoms with Crippen molar-refractivity contribution >= 4 is 17.2 Å². The molecule has 2 aromatic heterocycles. The van der Waals surface area contributed by atoms with Gasteiger partial charge in [0.15, 0.2) is 0 Å². The standard InChI is InChI=1S/C17H18ClN3/c1-12(2)20-11-13-10-14(18)6-7-15(13)16-4-3-5-17-19-8-9-21(16)17/h3-10,12,20H,11H2,1-2H3. The van der Waals surface area contributed by atoms with E-state index in [1.54, 1.807) is 0 Å². The maximum atomic E-state index is 6.17. The maximum Gasteiger partial charge on any atom is 0.137 e. The van der Waals surface area contributed by atoms with Crippen LogP contribution in [0.15, 0.2) is 48.8 Å². The van der Waals surface area contributed by atoms with Gasteiger partial charge in [-0.15, -0.1) is 0 Å². The molecule has 0 aliphatic carbocycles. The number of benzene rings is 1. The normalized spacial score (nSPS) is 11.4. The lowest BCUT2D eigenvalue weighted by atomic mass is 10.0. The maximum absolute atomic E-state index is 6.17. The Balaban J connectivity index is 2.11. The highest BCUT2D eigenvalue weighted by atomic mass is 35.5. The number of rotatable bonds is 4. The van der Waals surface area contributed by atoms with E-state index in [2.05, 4.69) is 40.7 Å². The van der Waals surface area contributed by atoms with Crippen LogP contribution in [0.5, 0.6) is 0 Å². The molecule has 0 bridgehead atoms. The Hall–Kier alpha value is -1.84. The number of hydrogen-bond acceptors (Lipinski definition) is 2. The van der Waals surface area contributed by atoms with Crippen molar-refractivity contribution in [3.8, 4) is 11.3 Å². The molecule has 108 valence electrons. The largest absolute Gasteiger partial charge is 0.310 e. The zero-order chi connectivity index (χ0) is 14.8. The van der Waals surface area contributed by atoms with Crippen molar-refractivity contribution in [1.29, 1.82) is 0 Å². The number of fused-ring (bicyclic) bond motifs is 1. The molecule has 0 spiro atoms. The Morgan fingerprint density at radius 2 is 2.10 bits per heavy atom. The molecule has 21 heavy (non-hydrogen) atoms. The highest BCUT2D eigenvalue weighted by molar-refractivity contribution is 6.30. The number of pyridine rings is 1. The third-order valence-corrected chi connectivity index (χ3v) is 3.71. The van der Waals surface area contributed by atoms with Gasteiger partial charge in [-0.1, -0.05) is 37.6 Å². The van der Waals surface area contributed by atoms with Gasteiger partial charge in [0.25, 0.3) is 0 Å². The van der Waals surface area contributed by atoms with Gasteiger partial charge in [0.05, 0.1) is 5.69 Å². The van der Waals surface area contributed by atoms with Crippen LogP contribution < -0.4 is 5.32 Å². The first-order valence-electron chi connectivity index (χ1n) is 7.09. The second kappa shape index (κ2) is 5.88. The third-order valence-electron chi connectivity index (χ3n) is 3.47. The van der Waals surface area contributed by atoms with Crippen LogP contribution in [-0.2, 0) is 6.54 Å². The minimum atomic E-state index is 0.431. The van der Waals surface area contributed by atoms with E-state index in [0.717, 1.165) is 22.9 Å². The average Bonchev–Trinajstić information content (AvgIpc) is 2.93. The van der Waals surface area contributed by atoms with E-state index in [-0.39, 0.29) is 0 Å². The lowest BCUT2D eigenvalue weighted by Gasteiger charge is -2.14. The molecule has 0 fully saturated rings. The second-order valence-corrected chi connectivity index (χ2v) is 5.84. The van der Waals surface area contributed by atoms with Crippen molar-refractivity contribution in [2.45, 2.75) is 26.4 Å². The lowest BCUT2D eigenvalue weighted by Crippen LogP contribution is -2.22. The van der Waals surface area contributed by atoms with Crippen LogP contribution in [0, 0.1) is 0 Å². The summed E-state index contributed by atoms with van der Waals surface area (Å²) in [6.07, 6.45) is 3.81. The van der Waals surface area contributed by atoms with Gasteiger partial charge in [-0.25, -0.2) is 4.98 Å². The van der Waals surface area contributed by atoms with Gasteiger partial charge in [0.1, 0.15) is 5.65 Å². The van der Waals surface area contributed by atoms with Crippen molar-refractivity contribution in [2.75, 3.05) is 0 Å². The number of imidazole rings is 1. The number of nitrogens with one attached hydrogen (secondary N) is 1. The van der Waals surface area contributed by atoms with Gasteiger partial charge in [0, 0.05) is 35.6 Å². The van der Waals surface area contributed by atoms with E-state index in [9.17, 15) is 0 Å². The second-order valence-electron chi connectivity index (χ2n) is 5.40. The van der Waals surface area contributed by atoms with Gasteiger partial charge in [-0.2, -0.15) is 0 Å². The monoisotopic (exact) mass is 299 g/mol. The summed E-state index contributed by atoms with van der Waals surface area (Å²) in [5.74, 6) is 0. The first kappa shape index (κ1) is 14.1. The van der Waals surface area contributed by atoms with Gasteiger partial charge >= 0.3 is 0 Å². The van der Waals surface area contributed by atoms with Crippen LogP contribution in [0.25, 0.3) is 16.9 Å². The topological polar surface area (TPSA) is 29.3 Å². The minimum Gasteiger partial charge on any atom is -0.310 e. The van der Waals surface area contributed by atoms with Crippen molar-refractivity contribution in [3.63, 3.8) is 0 Å². The molecule has 1 aromatic carbocycles. The van der Waals surface area contributed by atoms with Crippen LogP contribution in [0.4, 0.5) is 0 Å². The van der Waals surface area contributed by atoms with Gasteiger partial charge in [0.2, 0.25) is 0 Å². The minimum absolute atomic E-state index is 0.431. The summed E-state index contributed by atoms with van der Waals surface area (Å²) in [6, 6.07) is 12.6. The van der Waals surface area contributed by atoms with Crippen molar-refractivity contribution in [2.24, 2.45) is 0 Å². The molecular formula is C17H18ClN3. The van der Waals surface area contributed by atoms with Crippen LogP contribution in [-0.4, -0.2) is 15.4 Å². The predicted molar refractivity (Wildman–Crippen MR) is 87.6 cm³/mol. The smallest absolute Gasteiger partial charge is 0.137 e. The number of hydrogen-bond donors (Lipinski definition) is 1. The number of aromatic nitrogens is 2. The van der Waals surface area contributed by atoms with Crippen molar-refractivity contribution < 1.29 is 0 Å². The zero-order valence-corrected chi connectivity index (χ0v) is 12.9. The van der Waals surface area contributed by atoms with E-state index in [1.165, 1.54) is 11.1 Å². The average molecular weight is 300 g/mol. The molecule has 0 saturated carbocycles. The summed E-state index contributed by atoms with van der Waals surface area (Å²) in [4.78, 5) is 4.35. The van der Waals surface area contributed by atoms with E-state index < -0.39 is 0 Å². The molecule has 0 aliphatic rings. The van der Waals surface area contributed by atoms with Gasteiger partial charge in [-0.3, -0.25) is 4.40 Å². The first-order chi connectivity index (χ1) is 10.1. The highest BCUT2D eigenvalue weighted by Gasteiger charge is 2.10. The predicted octanol–water partition coefficient (Wildman–Crippen LogP) is 4.15. The SMILES string of the molecule is CC(C)NCc1cc(Cl)ccc1-c1cccc2nccn12. The summed E-state index contributed by atoms with van der Waals surface area (Å²) < 4.78 is 2.10. The number of halogens is 1. The Labute approximate surface area is 129 Å². The molecule has 2 heterocycles. The van der Waals surface area contributed by atoms with E-state index >= 15 is 0 Å². The Kier molecular flexibility index (Phi) is 3.95. The first-order valence-corrected chi connectivity index (χ1v) is 7.47. The molecule has 0 atom stereocenters. The van der Waals surface area contributed by atoms with Gasteiger partial charge < -0.3 is 5.32 Å². The van der Waals surface area contributed by atoms with Crippen LogP contribution in [0.3, 0.4) is 0 Å². The Morgan fingerprint density at radius 1 is 1.24 bits per heavy atom. The summed E-state index contributed by atoms with van der Waals surface area (Å²) in [7, 11) is 0. The van der Waals surface area contributed by atoms with Crippen molar-refractivity contribution in [3.05, 3.63) is 59.4 Å².